The zero-order chi connectivity index (χ0) is 16.6. The number of hydrogen-bond donors (Lipinski definition) is 2. The number of aryl methyl sites for hydroxylation is 1. The molecule has 0 saturated carbocycles. The highest BCUT2D eigenvalue weighted by molar-refractivity contribution is 7.91. The van der Waals surface area contributed by atoms with E-state index >= 15 is 0 Å². The molecular formula is C15H20N2O4S2. The second kappa shape index (κ2) is 6.24. The number of amides is 2. The van der Waals surface area contributed by atoms with Gasteiger partial charge >= 0.3 is 0 Å². The fraction of sp³-hybridized carbons (Fsp3) is 0.600. The molecule has 0 radical (unpaired) electrons. The smallest absolute Gasteiger partial charge is 0.251 e. The molecule has 1 saturated heterocycles. The van der Waals surface area contributed by atoms with Crippen molar-refractivity contribution in [2.75, 3.05) is 16.8 Å². The second-order valence-corrected chi connectivity index (χ2v) is 9.63. The van der Waals surface area contributed by atoms with Crippen LogP contribution in [-0.4, -0.2) is 31.7 Å². The minimum atomic E-state index is -2.99. The molecule has 1 aromatic heterocycles. The van der Waals surface area contributed by atoms with Crippen LogP contribution in [0.1, 0.15) is 46.5 Å². The number of rotatable bonds is 4. The molecule has 2 heterocycles. The first kappa shape index (κ1) is 16.4. The van der Waals surface area contributed by atoms with Crippen LogP contribution in [0.2, 0.25) is 0 Å². The van der Waals surface area contributed by atoms with E-state index in [2.05, 4.69) is 5.32 Å². The maximum Gasteiger partial charge on any atom is 0.251 e. The number of thiophene rings is 1. The van der Waals surface area contributed by atoms with Gasteiger partial charge in [0.2, 0.25) is 5.91 Å². The third kappa shape index (κ3) is 3.58. The van der Waals surface area contributed by atoms with Crippen molar-refractivity contribution in [2.45, 2.75) is 38.5 Å². The van der Waals surface area contributed by atoms with E-state index in [-0.39, 0.29) is 29.8 Å². The number of hydrogen-bond acceptors (Lipinski definition) is 5. The molecule has 1 atom stereocenters. The van der Waals surface area contributed by atoms with Gasteiger partial charge in [-0.1, -0.05) is 0 Å². The van der Waals surface area contributed by atoms with E-state index in [1.165, 1.54) is 11.3 Å². The minimum Gasteiger partial charge on any atom is -0.365 e. The Balaban J connectivity index is 1.73. The monoisotopic (exact) mass is 356 g/mol. The maximum atomic E-state index is 12.2. The van der Waals surface area contributed by atoms with Gasteiger partial charge in [-0.05, 0) is 43.6 Å². The first-order valence-electron chi connectivity index (χ1n) is 7.80. The van der Waals surface area contributed by atoms with E-state index in [1.54, 1.807) is 0 Å². The molecule has 23 heavy (non-hydrogen) atoms. The molecule has 0 spiro atoms. The van der Waals surface area contributed by atoms with Gasteiger partial charge in [0, 0.05) is 11.3 Å². The predicted molar refractivity (Wildman–Crippen MR) is 89.5 cm³/mol. The summed E-state index contributed by atoms with van der Waals surface area (Å²) in [5, 5.41) is 3.31. The summed E-state index contributed by atoms with van der Waals surface area (Å²) in [7, 11) is -2.99. The number of carbonyl (C=O) groups excluding carboxylic acids is 2. The number of fused-ring (bicyclic) bond motifs is 1. The van der Waals surface area contributed by atoms with Crippen molar-refractivity contribution in [3.63, 3.8) is 0 Å². The fourth-order valence-electron chi connectivity index (χ4n) is 3.39. The number of nitrogens with two attached hydrogens (primary N) is 1. The summed E-state index contributed by atoms with van der Waals surface area (Å²) < 4.78 is 22.9. The molecule has 0 bridgehead atoms. The second-order valence-electron chi connectivity index (χ2n) is 6.30. The quantitative estimate of drug-likeness (QED) is 0.852. The molecule has 6 nitrogen and oxygen atoms in total. The molecule has 0 aromatic carbocycles. The van der Waals surface area contributed by atoms with Gasteiger partial charge in [0.15, 0.2) is 9.84 Å². The number of anilines is 1. The maximum absolute atomic E-state index is 12.2. The van der Waals surface area contributed by atoms with E-state index in [9.17, 15) is 18.0 Å². The van der Waals surface area contributed by atoms with Gasteiger partial charge in [0.1, 0.15) is 5.00 Å². The lowest BCUT2D eigenvalue weighted by atomic mass is 9.95. The molecule has 2 aliphatic rings. The third-order valence-electron chi connectivity index (χ3n) is 4.47. The number of primary amides is 1. The molecule has 3 rings (SSSR count). The third-order valence-corrected chi connectivity index (χ3v) is 7.52. The average Bonchev–Trinajstić information content (AvgIpc) is 2.98. The molecule has 1 aliphatic carbocycles. The molecule has 1 fully saturated rings. The minimum absolute atomic E-state index is 0.0734. The Kier molecular flexibility index (Phi) is 4.46. The summed E-state index contributed by atoms with van der Waals surface area (Å²) in [6.45, 7) is 0. The summed E-state index contributed by atoms with van der Waals surface area (Å²) in [4.78, 5) is 25.1. The zero-order valence-corrected chi connectivity index (χ0v) is 14.4. The Morgan fingerprint density at radius 3 is 2.65 bits per heavy atom. The largest absolute Gasteiger partial charge is 0.365 e. The molecule has 8 heteroatoms. The van der Waals surface area contributed by atoms with Gasteiger partial charge < -0.3 is 11.1 Å². The average molecular weight is 356 g/mol. The van der Waals surface area contributed by atoms with E-state index in [1.807, 2.05) is 0 Å². The summed E-state index contributed by atoms with van der Waals surface area (Å²) in [6, 6.07) is 0. The van der Waals surface area contributed by atoms with Crippen LogP contribution in [0.25, 0.3) is 0 Å². The highest BCUT2D eigenvalue weighted by Gasteiger charge is 2.30. The fourth-order valence-corrected chi connectivity index (χ4v) is 6.56. The van der Waals surface area contributed by atoms with Gasteiger partial charge in [-0.25, -0.2) is 8.42 Å². The van der Waals surface area contributed by atoms with Gasteiger partial charge in [-0.2, -0.15) is 0 Å². The highest BCUT2D eigenvalue weighted by Crippen LogP contribution is 2.38. The van der Waals surface area contributed by atoms with Crippen LogP contribution < -0.4 is 11.1 Å². The Hall–Kier alpha value is -1.41. The van der Waals surface area contributed by atoms with Gasteiger partial charge in [-0.15, -0.1) is 11.3 Å². The molecule has 1 aliphatic heterocycles. The number of nitrogens with one attached hydrogen (secondary N) is 1. The van der Waals surface area contributed by atoms with E-state index < -0.39 is 15.7 Å². The lowest BCUT2D eigenvalue weighted by molar-refractivity contribution is -0.116. The van der Waals surface area contributed by atoms with Crippen molar-refractivity contribution in [2.24, 2.45) is 11.7 Å². The lowest BCUT2D eigenvalue weighted by Gasteiger charge is -2.11. The lowest BCUT2D eigenvalue weighted by Crippen LogP contribution is -2.20. The van der Waals surface area contributed by atoms with Gasteiger partial charge in [0.05, 0.1) is 17.1 Å². The summed E-state index contributed by atoms with van der Waals surface area (Å²) in [6.07, 6.45) is 4.54. The topological polar surface area (TPSA) is 106 Å². The number of sulfone groups is 1. The van der Waals surface area contributed by atoms with Crippen LogP contribution in [0.4, 0.5) is 5.00 Å². The van der Waals surface area contributed by atoms with Crippen LogP contribution >= 0.6 is 11.3 Å². The van der Waals surface area contributed by atoms with Crippen molar-refractivity contribution in [3.05, 3.63) is 16.0 Å². The van der Waals surface area contributed by atoms with Crippen LogP contribution in [0.15, 0.2) is 0 Å². The van der Waals surface area contributed by atoms with Gasteiger partial charge in [-0.3, -0.25) is 9.59 Å². The Morgan fingerprint density at radius 1 is 1.26 bits per heavy atom. The van der Waals surface area contributed by atoms with Crippen molar-refractivity contribution < 1.29 is 18.0 Å². The zero-order valence-electron chi connectivity index (χ0n) is 12.8. The first-order valence-corrected chi connectivity index (χ1v) is 10.4. The summed E-state index contributed by atoms with van der Waals surface area (Å²) in [5.74, 6) is -0.655. The first-order chi connectivity index (χ1) is 10.9. The molecule has 2 amide bonds. The van der Waals surface area contributed by atoms with Crippen molar-refractivity contribution in [1.82, 2.24) is 0 Å². The number of carbonyl (C=O) groups is 2. The van der Waals surface area contributed by atoms with E-state index in [0.29, 0.717) is 17.0 Å². The molecule has 126 valence electrons. The molecular weight excluding hydrogens is 336 g/mol. The molecule has 1 aromatic rings. The standard InChI is InChI=1S/C15H20N2O4S2/c16-14(19)13-10-3-1-2-4-11(10)22-15(13)17-12(18)7-9-5-6-23(20,21)8-9/h9H,1-8H2,(H2,16,19)(H,17,18)/t9-/m0/s1. The van der Waals surface area contributed by atoms with Gasteiger partial charge in [0.25, 0.3) is 5.91 Å². The van der Waals surface area contributed by atoms with Crippen molar-refractivity contribution >= 4 is 38.0 Å². The Labute approximate surface area is 139 Å². The van der Waals surface area contributed by atoms with Crippen LogP contribution in [0, 0.1) is 5.92 Å². The molecule has 0 unspecified atom stereocenters. The SMILES string of the molecule is NC(=O)c1c(NC(=O)C[C@@H]2CCS(=O)(=O)C2)sc2c1CCCC2. The van der Waals surface area contributed by atoms with Crippen molar-refractivity contribution in [3.8, 4) is 0 Å². The normalized spacial score (nSPS) is 22.5. The van der Waals surface area contributed by atoms with Crippen molar-refractivity contribution in [1.29, 1.82) is 0 Å². The van der Waals surface area contributed by atoms with Crippen LogP contribution in [0.5, 0.6) is 0 Å². The van der Waals surface area contributed by atoms with Crippen LogP contribution in [-0.2, 0) is 27.5 Å². The van der Waals surface area contributed by atoms with Crippen LogP contribution in [0.3, 0.4) is 0 Å². The molecule has 3 N–H and O–H groups in total. The van der Waals surface area contributed by atoms with E-state index in [0.717, 1.165) is 36.1 Å². The summed E-state index contributed by atoms with van der Waals surface area (Å²) in [5.41, 5.74) is 6.92. The summed E-state index contributed by atoms with van der Waals surface area (Å²) >= 11 is 1.43. The van der Waals surface area contributed by atoms with E-state index in [4.69, 9.17) is 5.73 Å². The Bertz CT molecular complexity index is 752. The highest BCUT2D eigenvalue weighted by atomic mass is 32.2. The predicted octanol–water partition coefficient (Wildman–Crippen LogP) is 1.49. The Morgan fingerprint density at radius 2 is 2.00 bits per heavy atom.